The summed E-state index contributed by atoms with van der Waals surface area (Å²) in [6, 6.07) is 49.1. The molecule has 7 aromatic carbocycles. The highest BCUT2D eigenvalue weighted by Crippen LogP contribution is 2.44. The SMILES string of the molecule is [C-]#[N+]c1ccccc1-c1ccc2oc3ccc4oc5ccc(-c6cccc(C#N)c6-n6c7ccccc7c7ccccc76)cc5c4c3c2c1. The van der Waals surface area contributed by atoms with E-state index in [0.29, 0.717) is 11.3 Å². The summed E-state index contributed by atoms with van der Waals surface area (Å²) < 4.78 is 15.0. The fourth-order valence-corrected chi connectivity index (χ4v) is 7.56. The Balaban J connectivity index is 1.26. The van der Waals surface area contributed by atoms with Gasteiger partial charge in [-0.05, 0) is 71.3 Å². The minimum Gasteiger partial charge on any atom is -0.456 e. The van der Waals surface area contributed by atoms with Crippen molar-refractivity contribution in [3.05, 3.63) is 157 Å². The van der Waals surface area contributed by atoms with Gasteiger partial charge in [0.2, 0.25) is 0 Å². The van der Waals surface area contributed by atoms with Crippen LogP contribution in [0.4, 0.5) is 5.69 Å². The Morgan fingerprint density at radius 2 is 1.06 bits per heavy atom. The molecule has 0 N–H and O–H groups in total. The van der Waals surface area contributed by atoms with Gasteiger partial charge in [0.25, 0.3) is 0 Å². The molecule has 0 aliphatic rings. The third kappa shape index (κ3) is 3.85. The second-order valence-electron chi connectivity index (χ2n) is 12.3. The molecule has 3 heterocycles. The molecule has 0 fully saturated rings. The van der Waals surface area contributed by atoms with Crippen molar-refractivity contribution < 1.29 is 8.83 Å². The molecule has 5 nitrogen and oxygen atoms in total. The van der Waals surface area contributed by atoms with E-state index in [0.717, 1.165) is 93.6 Å². The lowest BCUT2D eigenvalue weighted by Gasteiger charge is -2.16. The summed E-state index contributed by atoms with van der Waals surface area (Å²) in [5, 5.41) is 16.6. The molecule has 5 heteroatoms. The molecule has 0 saturated carbocycles. The minimum atomic E-state index is 0.594. The van der Waals surface area contributed by atoms with E-state index >= 15 is 0 Å². The average Bonchev–Trinajstić information content (AvgIpc) is 3.83. The lowest BCUT2D eigenvalue weighted by atomic mass is 9.96. The molecule has 10 rings (SSSR count). The summed E-state index contributed by atoms with van der Waals surface area (Å²) in [7, 11) is 0. The van der Waals surface area contributed by atoms with Crippen LogP contribution in [0.15, 0.2) is 148 Å². The van der Waals surface area contributed by atoms with Gasteiger partial charge < -0.3 is 13.4 Å². The van der Waals surface area contributed by atoms with Gasteiger partial charge in [-0.3, -0.25) is 0 Å². The number of nitriles is 1. The van der Waals surface area contributed by atoms with Crippen LogP contribution in [0, 0.1) is 17.9 Å². The molecule has 0 radical (unpaired) electrons. The first-order chi connectivity index (χ1) is 24.2. The lowest BCUT2D eigenvalue weighted by molar-refractivity contribution is 0.663. The molecular weight excluding hydrogens is 603 g/mol. The number of fused-ring (bicyclic) bond motifs is 10. The Hall–Kier alpha value is -7.08. The number of para-hydroxylation sites is 4. The maximum Gasteiger partial charge on any atom is 0.194 e. The number of rotatable bonds is 3. The Morgan fingerprint density at radius 3 is 1.67 bits per heavy atom. The van der Waals surface area contributed by atoms with Crippen LogP contribution in [0.3, 0.4) is 0 Å². The van der Waals surface area contributed by atoms with Crippen LogP contribution in [0.5, 0.6) is 0 Å². The van der Waals surface area contributed by atoms with E-state index < -0.39 is 0 Å². The molecule has 0 saturated heterocycles. The van der Waals surface area contributed by atoms with Crippen LogP contribution in [0.2, 0.25) is 0 Å². The highest BCUT2D eigenvalue weighted by Gasteiger charge is 2.21. The maximum atomic E-state index is 10.4. The number of hydrogen-bond donors (Lipinski definition) is 0. The van der Waals surface area contributed by atoms with E-state index in [1.54, 1.807) is 0 Å². The van der Waals surface area contributed by atoms with Crippen molar-refractivity contribution in [2.45, 2.75) is 0 Å². The molecule has 226 valence electrons. The van der Waals surface area contributed by atoms with Gasteiger partial charge in [0.1, 0.15) is 28.4 Å². The second-order valence-corrected chi connectivity index (χ2v) is 12.3. The fraction of sp³-hybridized carbons (Fsp3) is 0. The highest BCUT2D eigenvalue weighted by atomic mass is 16.3. The third-order valence-corrected chi connectivity index (χ3v) is 9.67. The van der Waals surface area contributed by atoms with Crippen molar-refractivity contribution in [3.63, 3.8) is 0 Å². The van der Waals surface area contributed by atoms with Crippen molar-refractivity contribution >= 4 is 71.4 Å². The first-order valence-electron chi connectivity index (χ1n) is 16.0. The maximum absolute atomic E-state index is 10.4. The number of hydrogen-bond acceptors (Lipinski definition) is 3. The van der Waals surface area contributed by atoms with Gasteiger partial charge in [0.05, 0.1) is 28.9 Å². The fourth-order valence-electron chi connectivity index (χ4n) is 7.56. The van der Waals surface area contributed by atoms with E-state index in [9.17, 15) is 5.26 Å². The highest BCUT2D eigenvalue weighted by molar-refractivity contribution is 6.26. The van der Waals surface area contributed by atoms with Crippen LogP contribution in [0.25, 0.3) is 98.5 Å². The van der Waals surface area contributed by atoms with Gasteiger partial charge >= 0.3 is 0 Å². The van der Waals surface area contributed by atoms with E-state index in [-0.39, 0.29) is 0 Å². The van der Waals surface area contributed by atoms with Crippen molar-refractivity contribution in [1.29, 1.82) is 5.26 Å². The van der Waals surface area contributed by atoms with Crippen LogP contribution < -0.4 is 0 Å². The number of benzene rings is 7. The Labute approximate surface area is 279 Å². The molecule has 0 unspecified atom stereocenters. The van der Waals surface area contributed by atoms with Crippen LogP contribution in [-0.4, -0.2) is 4.57 Å². The van der Waals surface area contributed by atoms with E-state index in [1.807, 2.05) is 78.9 Å². The molecule has 0 aliphatic heterocycles. The molecule has 0 spiro atoms. The largest absolute Gasteiger partial charge is 0.456 e. The Bertz CT molecular complexity index is 3030. The van der Waals surface area contributed by atoms with Crippen molar-refractivity contribution in [1.82, 2.24) is 4.57 Å². The average molecular weight is 626 g/mol. The minimum absolute atomic E-state index is 0.594. The summed E-state index contributed by atoms with van der Waals surface area (Å²) in [4.78, 5) is 3.76. The molecular formula is C44H23N3O2. The normalized spacial score (nSPS) is 11.6. The second kappa shape index (κ2) is 10.2. The van der Waals surface area contributed by atoms with E-state index in [4.69, 9.17) is 15.4 Å². The zero-order chi connectivity index (χ0) is 32.6. The predicted octanol–water partition coefficient (Wildman–Crippen LogP) is 12.3. The number of nitrogens with zero attached hydrogens (tertiary/aromatic N) is 3. The summed E-state index contributed by atoms with van der Waals surface area (Å²) >= 11 is 0. The number of furan rings is 2. The van der Waals surface area contributed by atoms with Gasteiger partial charge in [-0.25, -0.2) is 4.85 Å². The molecule has 0 aliphatic carbocycles. The zero-order valence-corrected chi connectivity index (χ0v) is 25.9. The molecule has 10 aromatic rings. The monoisotopic (exact) mass is 625 g/mol. The summed E-state index contributed by atoms with van der Waals surface area (Å²) in [5.41, 5.74) is 11.0. The molecule has 3 aromatic heterocycles. The molecule has 49 heavy (non-hydrogen) atoms. The van der Waals surface area contributed by atoms with Gasteiger partial charge in [-0.15, -0.1) is 0 Å². The zero-order valence-electron chi connectivity index (χ0n) is 25.9. The summed E-state index contributed by atoms with van der Waals surface area (Å²) in [5.74, 6) is 0. The first kappa shape index (κ1) is 27.1. The molecule has 0 bridgehead atoms. The van der Waals surface area contributed by atoms with Crippen LogP contribution >= 0.6 is 0 Å². The quantitative estimate of drug-likeness (QED) is 0.184. The van der Waals surface area contributed by atoms with Gasteiger partial charge in [0, 0.05) is 37.9 Å². The lowest BCUT2D eigenvalue weighted by Crippen LogP contribution is -2.00. The van der Waals surface area contributed by atoms with Gasteiger partial charge in [-0.1, -0.05) is 84.9 Å². The van der Waals surface area contributed by atoms with E-state index in [2.05, 4.69) is 76.1 Å². The van der Waals surface area contributed by atoms with Crippen LogP contribution in [-0.2, 0) is 0 Å². The third-order valence-electron chi connectivity index (χ3n) is 9.67. The standard InChI is InChI=1S/C44H23N3O2/c1-46-35-14-5-2-10-29(35)26-17-19-38-33(23-26)42-40(48-38)21-22-41-43(42)34-24-27(18-20-39(34)49-41)30-13-8-9-28(25-45)44(30)47-36-15-6-3-11-31(36)32-12-4-7-16-37(32)47/h2-24H. The summed E-state index contributed by atoms with van der Waals surface area (Å²) in [6.45, 7) is 7.71. The molecule has 0 amide bonds. The van der Waals surface area contributed by atoms with Crippen LogP contribution in [0.1, 0.15) is 5.56 Å². The van der Waals surface area contributed by atoms with Crippen molar-refractivity contribution in [2.75, 3.05) is 0 Å². The number of aromatic nitrogens is 1. The molecule has 0 atom stereocenters. The predicted molar refractivity (Wildman–Crippen MR) is 197 cm³/mol. The Morgan fingerprint density at radius 1 is 0.531 bits per heavy atom. The topological polar surface area (TPSA) is 59.4 Å². The van der Waals surface area contributed by atoms with Crippen molar-refractivity contribution in [2.24, 2.45) is 0 Å². The summed E-state index contributed by atoms with van der Waals surface area (Å²) in [6.07, 6.45) is 0. The van der Waals surface area contributed by atoms with E-state index in [1.165, 1.54) is 0 Å². The first-order valence-corrected chi connectivity index (χ1v) is 16.0. The van der Waals surface area contributed by atoms with Gasteiger partial charge in [0.15, 0.2) is 5.69 Å². The van der Waals surface area contributed by atoms with Crippen molar-refractivity contribution in [3.8, 4) is 34.0 Å². The van der Waals surface area contributed by atoms with Gasteiger partial charge in [-0.2, -0.15) is 5.26 Å². The Kier molecular flexibility index (Phi) is 5.64. The smallest absolute Gasteiger partial charge is 0.194 e.